The van der Waals surface area contributed by atoms with Crippen molar-refractivity contribution in [2.75, 3.05) is 14.2 Å². The summed E-state index contributed by atoms with van der Waals surface area (Å²) >= 11 is 0. The molecular formula is C21H19N3O2. The second-order valence-electron chi connectivity index (χ2n) is 5.65. The molecule has 5 heteroatoms. The Morgan fingerprint density at radius 2 is 1.81 bits per heavy atom. The van der Waals surface area contributed by atoms with E-state index in [1.807, 2.05) is 67.7 Å². The number of nitrogens with zero attached hydrogens (tertiary/aromatic N) is 3. The third-order valence-corrected chi connectivity index (χ3v) is 4.11. The lowest BCUT2D eigenvalue weighted by Crippen LogP contribution is -1.94. The topological polar surface area (TPSA) is 60.1 Å². The van der Waals surface area contributed by atoms with Crippen molar-refractivity contribution in [3.05, 3.63) is 65.4 Å². The van der Waals surface area contributed by atoms with Gasteiger partial charge in [0.2, 0.25) is 0 Å². The van der Waals surface area contributed by atoms with E-state index in [2.05, 4.69) is 11.2 Å². The number of aryl methyl sites for hydroxylation is 1. The zero-order chi connectivity index (χ0) is 18.5. The number of aromatic nitrogens is 2. The van der Waals surface area contributed by atoms with Gasteiger partial charge < -0.3 is 9.47 Å². The van der Waals surface area contributed by atoms with Gasteiger partial charge in [-0.1, -0.05) is 30.3 Å². The molecule has 26 heavy (non-hydrogen) atoms. The molecule has 2 aromatic carbocycles. The first-order valence-electron chi connectivity index (χ1n) is 8.10. The smallest absolute Gasteiger partial charge is 0.129 e. The molecule has 0 spiro atoms. The van der Waals surface area contributed by atoms with Gasteiger partial charge in [0, 0.05) is 24.2 Å². The van der Waals surface area contributed by atoms with Gasteiger partial charge in [0.05, 0.1) is 19.9 Å². The van der Waals surface area contributed by atoms with Crippen LogP contribution < -0.4 is 9.47 Å². The number of benzene rings is 2. The lowest BCUT2D eigenvalue weighted by atomic mass is 10.1. The summed E-state index contributed by atoms with van der Waals surface area (Å²) in [7, 11) is 5.06. The van der Waals surface area contributed by atoms with E-state index in [1.54, 1.807) is 18.9 Å². The summed E-state index contributed by atoms with van der Waals surface area (Å²) in [5, 5.41) is 14.2. The molecular weight excluding hydrogens is 326 g/mol. The van der Waals surface area contributed by atoms with Crippen LogP contribution in [0.15, 0.2) is 48.5 Å². The quantitative estimate of drug-likeness (QED) is 0.697. The predicted molar refractivity (Wildman–Crippen MR) is 102 cm³/mol. The zero-order valence-electron chi connectivity index (χ0n) is 14.9. The number of hydrogen-bond acceptors (Lipinski definition) is 4. The van der Waals surface area contributed by atoms with Gasteiger partial charge in [0.25, 0.3) is 0 Å². The lowest BCUT2D eigenvalue weighted by Gasteiger charge is -2.07. The lowest BCUT2D eigenvalue weighted by molar-refractivity contribution is 0.394. The van der Waals surface area contributed by atoms with Crippen LogP contribution in [-0.4, -0.2) is 24.0 Å². The van der Waals surface area contributed by atoms with Gasteiger partial charge in [0.1, 0.15) is 28.8 Å². The predicted octanol–water partition coefficient (Wildman–Crippen LogP) is 4.15. The van der Waals surface area contributed by atoms with Gasteiger partial charge in [-0.25, -0.2) is 0 Å². The van der Waals surface area contributed by atoms with Crippen LogP contribution in [0.2, 0.25) is 0 Å². The third-order valence-electron chi connectivity index (χ3n) is 4.11. The fourth-order valence-electron chi connectivity index (χ4n) is 2.76. The largest absolute Gasteiger partial charge is 0.497 e. The highest BCUT2D eigenvalue weighted by Gasteiger charge is 2.15. The van der Waals surface area contributed by atoms with Crippen molar-refractivity contribution in [3.63, 3.8) is 0 Å². The minimum absolute atomic E-state index is 0.544. The van der Waals surface area contributed by atoms with Crippen LogP contribution >= 0.6 is 0 Å². The van der Waals surface area contributed by atoms with E-state index in [1.165, 1.54) is 0 Å². The normalized spacial score (nSPS) is 10.7. The average molecular weight is 345 g/mol. The maximum Gasteiger partial charge on any atom is 0.129 e. The Labute approximate surface area is 152 Å². The number of methoxy groups -OCH3 is 2. The molecule has 1 aromatic heterocycles. The molecule has 0 aliphatic rings. The fraction of sp³-hybridized carbons (Fsp3) is 0.143. The van der Waals surface area contributed by atoms with E-state index in [9.17, 15) is 5.26 Å². The molecule has 0 bridgehead atoms. The van der Waals surface area contributed by atoms with Crippen molar-refractivity contribution in [2.24, 2.45) is 7.05 Å². The van der Waals surface area contributed by atoms with Crippen LogP contribution in [0.5, 0.6) is 11.5 Å². The Morgan fingerprint density at radius 1 is 1.04 bits per heavy atom. The Morgan fingerprint density at radius 3 is 2.46 bits per heavy atom. The number of rotatable bonds is 5. The fourth-order valence-corrected chi connectivity index (χ4v) is 2.76. The Kier molecular flexibility index (Phi) is 5.04. The van der Waals surface area contributed by atoms with Crippen molar-refractivity contribution >= 4 is 12.2 Å². The maximum atomic E-state index is 9.66. The summed E-state index contributed by atoms with van der Waals surface area (Å²) < 4.78 is 12.4. The summed E-state index contributed by atoms with van der Waals surface area (Å²) in [6.45, 7) is 0. The minimum atomic E-state index is 0.544. The molecule has 0 radical (unpaired) electrons. The summed E-state index contributed by atoms with van der Waals surface area (Å²) in [6, 6.07) is 17.6. The van der Waals surface area contributed by atoms with Crippen LogP contribution in [0, 0.1) is 11.3 Å². The second kappa shape index (κ2) is 7.58. The van der Waals surface area contributed by atoms with Gasteiger partial charge in [-0.05, 0) is 24.3 Å². The molecule has 0 saturated heterocycles. The van der Waals surface area contributed by atoms with Gasteiger partial charge in [-0.3, -0.25) is 4.68 Å². The molecule has 5 nitrogen and oxygen atoms in total. The minimum Gasteiger partial charge on any atom is -0.497 e. The SMILES string of the molecule is COc1ccc(/C=C/c2c(C#N)c(-c3ccccc3)nn2C)c(OC)c1. The van der Waals surface area contributed by atoms with E-state index < -0.39 is 0 Å². The van der Waals surface area contributed by atoms with Crippen molar-refractivity contribution in [2.45, 2.75) is 0 Å². The second-order valence-corrected chi connectivity index (χ2v) is 5.65. The summed E-state index contributed by atoms with van der Waals surface area (Å²) in [6.07, 6.45) is 3.78. The van der Waals surface area contributed by atoms with Gasteiger partial charge in [-0.2, -0.15) is 10.4 Å². The highest BCUT2D eigenvalue weighted by atomic mass is 16.5. The Hall–Kier alpha value is -3.52. The van der Waals surface area contributed by atoms with E-state index in [0.29, 0.717) is 17.0 Å². The van der Waals surface area contributed by atoms with Crippen LogP contribution in [0.4, 0.5) is 0 Å². The Bertz CT molecular complexity index is 982. The molecule has 130 valence electrons. The van der Waals surface area contributed by atoms with E-state index in [0.717, 1.165) is 22.6 Å². The van der Waals surface area contributed by atoms with Crippen LogP contribution in [-0.2, 0) is 7.05 Å². The van der Waals surface area contributed by atoms with E-state index >= 15 is 0 Å². The van der Waals surface area contributed by atoms with E-state index in [4.69, 9.17) is 9.47 Å². The molecule has 3 rings (SSSR count). The molecule has 0 aliphatic heterocycles. The number of ether oxygens (including phenoxy) is 2. The maximum absolute atomic E-state index is 9.66. The van der Waals surface area contributed by atoms with Gasteiger partial charge in [-0.15, -0.1) is 0 Å². The van der Waals surface area contributed by atoms with Crippen molar-refractivity contribution < 1.29 is 9.47 Å². The molecule has 0 unspecified atom stereocenters. The van der Waals surface area contributed by atoms with Crippen molar-refractivity contribution in [1.82, 2.24) is 9.78 Å². The third kappa shape index (κ3) is 3.31. The van der Waals surface area contributed by atoms with Crippen LogP contribution in [0.1, 0.15) is 16.8 Å². The van der Waals surface area contributed by atoms with Crippen LogP contribution in [0.3, 0.4) is 0 Å². The Balaban J connectivity index is 2.02. The highest BCUT2D eigenvalue weighted by Crippen LogP contribution is 2.28. The molecule has 0 amide bonds. The van der Waals surface area contributed by atoms with Crippen molar-refractivity contribution in [1.29, 1.82) is 5.26 Å². The first-order chi connectivity index (χ1) is 12.7. The summed E-state index contributed by atoms with van der Waals surface area (Å²) in [5.74, 6) is 1.42. The summed E-state index contributed by atoms with van der Waals surface area (Å²) in [5.41, 5.74) is 3.77. The average Bonchev–Trinajstić information content (AvgIpc) is 3.02. The molecule has 0 N–H and O–H groups in total. The van der Waals surface area contributed by atoms with Crippen molar-refractivity contribution in [3.8, 4) is 28.8 Å². The molecule has 0 saturated carbocycles. The first kappa shape index (κ1) is 17.3. The molecule has 3 aromatic rings. The standard InChI is InChI=1S/C21H19N3O2/c1-24-19(12-10-15-9-11-17(25-2)13-20(15)26-3)18(14-22)21(23-24)16-7-5-4-6-8-16/h4-13H,1-3H3/b12-10+. The zero-order valence-corrected chi connectivity index (χ0v) is 14.9. The number of hydrogen-bond donors (Lipinski definition) is 0. The molecule has 0 aliphatic carbocycles. The summed E-state index contributed by atoms with van der Waals surface area (Å²) in [4.78, 5) is 0. The first-order valence-corrected chi connectivity index (χ1v) is 8.10. The number of nitriles is 1. The molecule has 1 heterocycles. The van der Waals surface area contributed by atoms with E-state index in [-0.39, 0.29) is 0 Å². The van der Waals surface area contributed by atoms with Crippen LogP contribution in [0.25, 0.3) is 23.4 Å². The monoisotopic (exact) mass is 345 g/mol. The van der Waals surface area contributed by atoms with Gasteiger partial charge >= 0.3 is 0 Å². The highest BCUT2D eigenvalue weighted by molar-refractivity contribution is 5.78. The molecule has 0 fully saturated rings. The molecule has 0 atom stereocenters. The van der Waals surface area contributed by atoms with Gasteiger partial charge in [0.15, 0.2) is 0 Å².